The van der Waals surface area contributed by atoms with Crippen molar-refractivity contribution in [3.63, 3.8) is 0 Å². The molecule has 0 aliphatic rings. The number of benzene rings is 1. The average Bonchev–Trinajstić information content (AvgIpc) is 2.95. The maximum absolute atomic E-state index is 4.65. The van der Waals surface area contributed by atoms with Gasteiger partial charge >= 0.3 is 0 Å². The van der Waals surface area contributed by atoms with Gasteiger partial charge in [0.05, 0.1) is 22.8 Å². The summed E-state index contributed by atoms with van der Waals surface area (Å²) in [7, 11) is 0. The zero-order chi connectivity index (χ0) is 23.7. The van der Waals surface area contributed by atoms with Crippen molar-refractivity contribution in [2.75, 3.05) is 0 Å². The summed E-state index contributed by atoms with van der Waals surface area (Å²) in [5, 5.41) is 0. The molecule has 0 saturated carbocycles. The fourth-order valence-electron chi connectivity index (χ4n) is 4.36. The zero-order valence-electron chi connectivity index (χ0n) is 19.7. The van der Waals surface area contributed by atoms with Crippen LogP contribution in [0.1, 0.15) is 35.4 Å². The first-order valence-corrected chi connectivity index (χ1v) is 12.1. The van der Waals surface area contributed by atoms with Crippen LogP contribution in [0.15, 0.2) is 116 Å². The Morgan fingerprint density at radius 3 is 1.37 bits per heavy atom. The summed E-state index contributed by atoms with van der Waals surface area (Å²) in [5.74, 6) is 0.474. The molecule has 4 heterocycles. The minimum atomic E-state index is 0.474. The molecule has 4 aromatic heterocycles. The highest BCUT2D eigenvalue weighted by atomic mass is 14.8. The third-order valence-electron chi connectivity index (χ3n) is 6.34. The highest BCUT2D eigenvalue weighted by molar-refractivity contribution is 5.54. The molecule has 35 heavy (non-hydrogen) atoms. The number of rotatable bonds is 9. The second-order valence-electron chi connectivity index (χ2n) is 8.72. The number of aromatic nitrogens is 4. The maximum atomic E-state index is 4.65. The summed E-state index contributed by atoms with van der Waals surface area (Å²) in [4.78, 5) is 18.1. The van der Waals surface area contributed by atoms with Crippen molar-refractivity contribution >= 4 is 0 Å². The van der Waals surface area contributed by atoms with E-state index in [1.165, 1.54) is 16.7 Å². The minimum Gasteiger partial charge on any atom is -0.255 e. The van der Waals surface area contributed by atoms with Crippen molar-refractivity contribution in [3.8, 4) is 22.8 Å². The molecule has 172 valence electrons. The summed E-state index contributed by atoms with van der Waals surface area (Å²) < 4.78 is 0. The minimum absolute atomic E-state index is 0.474. The SMILES string of the molecule is c1ccc(C(CCc2ccc(-c3ccccn3)nc2)CCc2ccc(-c3ccccn3)nc2)cc1. The van der Waals surface area contributed by atoms with Crippen molar-refractivity contribution < 1.29 is 0 Å². The van der Waals surface area contributed by atoms with Gasteiger partial charge in [-0.1, -0.05) is 54.6 Å². The molecule has 0 N–H and O–H groups in total. The lowest BCUT2D eigenvalue weighted by Crippen LogP contribution is -2.04. The molecule has 0 bridgehead atoms. The van der Waals surface area contributed by atoms with E-state index in [2.05, 4.69) is 74.5 Å². The topological polar surface area (TPSA) is 51.6 Å². The van der Waals surface area contributed by atoms with E-state index in [0.29, 0.717) is 5.92 Å². The van der Waals surface area contributed by atoms with Gasteiger partial charge in [-0.3, -0.25) is 19.9 Å². The van der Waals surface area contributed by atoms with Crippen LogP contribution in [0.25, 0.3) is 22.8 Å². The third kappa shape index (κ3) is 6.04. The molecule has 5 rings (SSSR count). The van der Waals surface area contributed by atoms with Crippen LogP contribution in [0.3, 0.4) is 0 Å². The Bertz CT molecular complexity index is 1220. The van der Waals surface area contributed by atoms with Crippen molar-refractivity contribution in [2.24, 2.45) is 0 Å². The number of pyridine rings is 4. The largest absolute Gasteiger partial charge is 0.255 e. The molecule has 0 spiro atoms. The lowest BCUT2D eigenvalue weighted by Gasteiger charge is -2.18. The molecular formula is C31H28N4. The molecule has 4 heteroatoms. The van der Waals surface area contributed by atoms with E-state index in [9.17, 15) is 0 Å². The van der Waals surface area contributed by atoms with Crippen LogP contribution >= 0.6 is 0 Å². The third-order valence-corrected chi connectivity index (χ3v) is 6.34. The predicted octanol–water partition coefficient (Wildman–Crippen LogP) is 6.95. The molecule has 0 atom stereocenters. The van der Waals surface area contributed by atoms with Crippen LogP contribution in [-0.2, 0) is 12.8 Å². The first kappa shape index (κ1) is 22.6. The Kier molecular flexibility index (Phi) is 7.30. The van der Waals surface area contributed by atoms with Crippen LogP contribution in [0.4, 0.5) is 0 Å². The molecule has 0 amide bonds. The van der Waals surface area contributed by atoms with Gasteiger partial charge < -0.3 is 0 Å². The molecule has 0 saturated heterocycles. The van der Waals surface area contributed by atoms with Crippen LogP contribution in [0.2, 0.25) is 0 Å². The quantitative estimate of drug-likeness (QED) is 0.241. The Morgan fingerprint density at radius 1 is 0.457 bits per heavy atom. The summed E-state index contributed by atoms with van der Waals surface area (Å²) in [6, 6.07) is 31.2. The molecule has 0 fully saturated rings. The number of hydrogen-bond acceptors (Lipinski definition) is 4. The lowest BCUT2D eigenvalue weighted by atomic mass is 9.88. The van der Waals surface area contributed by atoms with Gasteiger partial charge in [0.2, 0.25) is 0 Å². The van der Waals surface area contributed by atoms with Crippen LogP contribution in [-0.4, -0.2) is 19.9 Å². The Hall–Kier alpha value is -4.18. The van der Waals surface area contributed by atoms with Gasteiger partial charge in [-0.15, -0.1) is 0 Å². The molecule has 0 unspecified atom stereocenters. The first-order valence-electron chi connectivity index (χ1n) is 12.1. The Morgan fingerprint density at radius 2 is 0.943 bits per heavy atom. The van der Waals surface area contributed by atoms with Gasteiger partial charge in [-0.25, -0.2) is 0 Å². The van der Waals surface area contributed by atoms with E-state index in [1.54, 1.807) is 12.4 Å². The van der Waals surface area contributed by atoms with Gasteiger partial charge in [-0.05, 0) is 84.7 Å². The standard InChI is InChI=1S/C31H28N4/c1-2-8-26(9-3-1)27(16-12-24-14-18-30(34-22-24)28-10-4-6-20-32-28)17-13-25-15-19-31(35-23-25)29-11-5-7-21-33-29/h1-11,14-15,18-23,27H,12-13,16-17H2. The fourth-order valence-corrected chi connectivity index (χ4v) is 4.36. The van der Waals surface area contributed by atoms with E-state index in [-0.39, 0.29) is 0 Å². The molecule has 5 aromatic rings. The number of aryl methyl sites for hydroxylation is 2. The van der Waals surface area contributed by atoms with E-state index in [0.717, 1.165) is 48.5 Å². The second kappa shape index (κ2) is 11.3. The maximum Gasteiger partial charge on any atom is 0.0886 e. The summed E-state index contributed by atoms with van der Waals surface area (Å²) in [6.07, 6.45) is 11.7. The average molecular weight is 457 g/mol. The normalized spacial score (nSPS) is 11.0. The van der Waals surface area contributed by atoms with Crippen molar-refractivity contribution in [2.45, 2.75) is 31.6 Å². The smallest absolute Gasteiger partial charge is 0.0886 e. The van der Waals surface area contributed by atoms with E-state index >= 15 is 0 Å². The lowest BCUT2D eigenvalue weighted by molar-refractivity contribution is 0.576. The van der Waals surface area contributed by atoms with Gasteiger partial charge in [0.15, 0.2) is 0 Å². The van der Waals surface area contributed by atoms with Crippen molar-refractivity contribution in [3.05, 3.63) is 132 Å². The molecule has 0 aliphatic heterocycles. The van der Waals surface area contributed by atoms with Crippen LogP contribution in [0.5, 0.6) is 0 Å². The van der Waals surface area contributed by atoms with E-state index in [1.807, 2.05) is 48.8 Å². The molecular weight excluding hydrogens is 428 g/mol. The summed E-state index contributed by atoms with van der Waals surface area (Å²) >= 11 is 0. The van der Waals surface area contributed by atoms with Crippen LogP contribution < -0.4 is 0 Å². The Labute approximate surface area is 206 Å². The monoisotopic (exact) mass is 456 g/mol. The number of hydrogen-bond donors (Lipinski definition) is 0. The zero-order valence-corrected chi connectivity index (χ0v) is 19.7. The molecule has 0 aliphatic carbocycles. The summed E-state index contributed by atoms with van der Waals surface area (Å²) in [6.45, 7) is 0. The fraction of sp³-hybridized carbons (Fsp3) is 0.161. The van der Waals surface area contributed by atoms with Crippen molar-refractivity contribution in [1.82, 2.24) is 19.9 Å². The second-order valence-corrected chi connectivity index (χ2v) is 8.72. The van der Waals surface area contributed by atoms with Crippen LogP contribution in [0, 0.1) is 0 Å². The van der Waals surface area contributed by atoms with Gasteiger partial charge in [0.25, 0.3) is 0 Å². The molecule has 1 aromatic carbocycles. The number of nitrogens with zero attached hydrogens (tertiary/aromatic N) is 4. The Balaban J connectivity index is 1.24. The summed E-state index contributed by atoms with van der Waals surface area (Å²) in [5.41, 5.74) is 7.54. The predicted molar refractivity (Wildman–Crippen MR) is 141 cm³/mol. The van der Waals surface area contributed by atoms with Gasteiger partial charge in [-0.2, -0.15) is 0 Å². The van der Waals surface area contributed by atoms with E-state index in [4.69, 9.17) is 0 Å². The highest BCUT2D eigenvalue weighted by Gasteiger charge is 2.13. The molecule has 0 radical (unpaired) electrons. The highest BCUT2D eigenvalue weighted by Crippen LogP contribution is 2.27. The van der Waals surface area contributed by atoms with Gasteiger partial charge in [0, 0.05) is 24.8 Å². The molecule has 4 nitrogen and oxygen atoms in total. The van der Waals surface area contributed by atoms with Crippen molar-refractivity contribution in [1.29, 1.82) is 0 Å². The van der Waals surface area contributed by atoms with E-state index < -0.39 is 0 Å². The van der Waals surface area contributed by atoms with Gasteiger partial charge in [0.1, 0.15) is 0 Å². The first-order chi connectivity index (χ1) is 17.3.